The second-order valence-electron chi connectivity index (χ2n) is 4.07. The summed E-state index contributed by atoms with van der Waals surface area (Å²) in [5.41, 5.74) is 0.547. The number of nitrogens with zero attached hydrogens (tertiary/aromatic N) is 2. The normalized spacial score (nSPS) is 20.1. The van der Waals surface area contributed by atoms with Crippen molar-refractivity contribution in [3.63, 3.8) is 0 Å². The first kappa shape index (κ1) is 11.1. The van der Waals surface area contributed by atoms with Crippen LogP contribution in [-0.4, -0.2) is 42.0 Å². The molecule has 16 heavy (non-hydrogen) atoms. The molecule has 1 N–H and O–H groups in total. The smallest absolute Gasteiger partial charge is 0.272 e. The van der Waals surface area contributed by atoms with Gasteiger partial charge in [-0.25, -0.2) is 0 Å². The minimum atomic E-state index is 0.0540. The number of nitrogens with one attached hydrogen (secondary N) is 1. The van der Waals surface area contributed by atoms with E-state index >= 15 is 0 Å². The Morgan fingerprint density at radius 1 is 1.62 bits per heavy atom. The van der Waals surface area contributed by atoms with Gasteiger partial charge < -0.3 is 10.2 Å². The van der Waals surface area contributed by atoms with Crippen molar-refractivity contribution >= 4 is 5.91 Å². The first-order valence-electron chi connectivity index (χ1n) is 5.69. The van der Waals surface area contributed by atoms with E-state index in [1.807, 2.05) is 24.1 Å². The number of pyridine rings is 1. The van der Waals surface area contributed by atoms with Gasteiger partial charge in [0.15, 0.2) is 0 Å². The molecule has 1 aliphatic rings. The fraction of sp³-hybridized carbons (Fsp3) is 0.500. The maximum atomic E-state index is 12.2. The fourth-order valence-electron chi connectivity index (χ4n) is 2.19. The molecule has 0 aromatic carbocycles. The van der Waals surface area contributed by atoms with Crippen LogP contribution in [0.2, 0.25) is 0 Å². The molecule has 1 amide bonds. The molecule has 1 unspecified atom stereocenters. The summed E-state index contributed by atoms with van der Waals surface area (Å²) in [6.45, 7) is 1.71. The van der Waals surface area contributed by atoms with Crippen molar-refractivity contribution < 1.29 is 4.79 Å². The SMILES string of the molecule is CNCC1CCCN1C(=O)c1ccccn1. The molecule has 1 saturated heterocycles. The lowest BCUT2D eigenvalue weighted by Gasteiger charge is -2.24. The van der Waals surface area contributed by atoms with Crippen LogP contribution >= 0.6 is 0 Å². The van der Waals surface area contributed by atoms with Crippen LogP contribution < -0.4 is 5.32 Å². The average molecular weight is 219 g/mol. The number of rotatable bonds is 3. The van der Waals surface area contributed by atoms with Crippen molar-refractivity contribution in [3.8, 4) is 0 Å². The third kappa shape index (κ3) is 2.22. The summed E-state index contributed by atoms with van der Waals surface area (Å²) in [6, 6.07) is 5.77. The molecule has 86 valence electrons. The van der Waals surface area contributed by atoms with Crippen LogP contribution in [0.4, 0.5) is 0 Å². The molecule has 4 heteroatoms. The van der Waals surface area contributed by atoms with Crippen LogP contribution in [0.1, 0.15) is 23.3 Å². The Hall–Kier alpha value is -1.42. The second-order valence-corrected chi connectivity index (χ2v) is 4.07. The predicted molar refractivity (Wildman–Crippen MR) is 62.2 cm³/mol. The Morgan fingerprint density at radius 3 is 3.19 bits per heavy atom. The maximum Gasteiger partial charge on any atom is 0.272 e. The summed E-state index contributed by atoms with van der Waals surface area (Å²) in [7, 11) is 1.92. The van der Waals surface area contributed by atoms with Crippen molar-refractivity contribution in [1.29, 1.82) is 0 Å². The molecular weight excluding hydrogens is 202 g/mol. The summed E-state index contributed by atoms with van der Waals surface area (Å²) >= 11 is 0. The number of hydrogen-bond donors (Lipinski definition) is 1. The lowest BCUT2D eigenvalue weighted by Crippen LogP contribution is -2.41. The molecule has 4 nitrogen and oxygen atoms in total. The van der Waals surface area contributed by atoms with Crippen LogP contribution in [0, 0.1) is 0 Å². The molecule has 1 aromatic rings. The molecule has 0 saturated carbocycles. The molecule has 1 fully saturated rings. The summed E-state index contributed by atoms with van der Waals surface area (Å²) in [5.74, 6) is 0.0540. The predicted octanol–water partition coefficient (Wildman–Crippen LogP) is 0.906. The van der Waals surface area contributed by atoms with Gasteiger partial charge in [0, 0.05) is 25.3 Å². The molecule has 1 atom stereocenters. The zero-order valence-corrected chi connectivity index (χ0v) is 9.52. The van der Waals surface area contributed by atoms with E-state index in [0.717, 1.165) is 25.9 Å². The number of carbonyl (C=O) groups is 1. The number of aromatic nitrogens is 1. The highest BCUT2D eigenvalue weighted by molar-refractivity contribution is 5.92. The van der Waals surface area contributed by atoms with Crippen molar-refractivity contribution in [1.82, 2.24) is 15.2 Å². The highest BCUT2D eigenvalue weighted by atomic mass is 16.2. The Kier molecular flexibility index (Phi) is 3.51. The second kappa shape index (κ2) is 5.07. The average Bonchev–Trinajstić information content (AvgIpc) is 2.78. The highest BCUT2D eigenvalue weighted by Gasteiger charge is 2.29. The number of likely N-dealkylation sites (tertiary alicyclic amines) is 1. The van der Waals surface area contributed by atoms with E-state index < -0.39 is 0 Å². The van der Waals surface area contributed by atoms with Crippen LogP contribution in [0.25, 0.3) is 0 Å². The first-order valence-corrected chi connectivity index (χ1v) is 5.69. The maximum absolute atomic E-state index is 12.2. The number of hydrogen-bond acceptors (Lipinski definition) is 3. The largest absolute Gasteiger partial charge is 0.333 e. The van der Waals surface area contributed by atoms with E-state index in [9.17, 15) is 4.79 Å². The summed E-state index contributed by atoms with van der Waals surface area (Å²) < 4.78 is 0. The highest BCUT2D eigenvalue weighted by Crippen LogP contribution is 2.18. The van der Waals surface area contributed by atoms with Crippen LogP contribution in [-0.2, 0) is 0 Å². The molecular formula is C12H17N3O. The summed E-state index contributed by atoms with van der Waals surface area (Å²) in [4.78, 5) is 18.2. The van der Waals surface area contributed by atoms with Crippen molar-refractivity contribution in [2.45, 2.75) is 18.9 Å². The molecule has 2 rings (SSSR count). The Labute approximate surface area is 95.7 Å². The van der Waals surface area contributed by atoms with Gasteiger partial charge in [0.25, 0.3) is 5.91 Å². The van der Waals surface area contributed by atoms with Gasteiger partial charge in [-0.2, -0.15) is 0 Å². The van der Waals surface area contributed by atoms with Crippen molar-refractivity contribution in [2.75, 3.05) is 20.1 Å². The number of carbonyl (C=O) groups excluding carboxylic acids is 1. The zero-order chi connectivity index (χ0) is 11.4. The molecule has 0 radical (unpaired) electrons. The third-order valence-corrected chi connectivity index (χ3v) is 2.96. The summed E-state index contributed by atoms with van der Waals surface area (Å²) in [6.07, 6.45) is 3.83. The van der Waals surface area contributed by atoms with Crippen molar-refractivity contribution in [3.05, 3.63) is 30.1 Å². The van der Waals surface area contributed by atoms with E-state index in [0.29, 0.717) is 11.7 Å². The zero-order valence-electron chi connectivity index (χ0n) is 9.52. The van der Waals surface area contributed by atoms with Gasteiger partial charge >= 0.3 is 0 Å². The van der Waals surface area contributed by atoms with Gasteiger partial charge in [-0.15, -0.1) is 0 Å². The quantitative estimate of drug-likeness (QED) is 0.821. The van der Waals surface area contributed by atoms with Gasteiger partial charge in [-0.1, -0.05) is 6.07 Å². The van der Waals surface area contributed by atoms with Gasteiger partial charge in [-0.05, 0) is 32.0 Å². The standard InChI is InChI=1S/C12H17N3O/c1-13-9-10-5-4-8-15(10)12(16)11-6-2-3-7-14-11/h2-3,6-7,10,13H,4-5,8-9H2,1H3. The fourth-order valence-corrected chi connectivity index (χ4v) is 2.19. The van der Waals surface area contributed by atoms with Crippen LogP contribution in [0.3, 0.4) is 0 Å². The van der Waals surface area contributed by atoms with E-state index in [4.69, 9.17) is 0 Å². The van der Waals surface area contributed by atoms with E-state index in [-0.39, 0.29) is 5.91 Å². The first-order chi connectivity index (χ1) is 7.83. The van der Waals surface area contributed by atoms with E-state index in [1.54, 1.807) is 12.3 Å². The minimum Gasteiger partial charge on any atom is -0.333 e. The lowest BCUT2D eigenvalue weighted by atomic mass is 10.2. The monoisotopic (exact) mass is 219 g/mol. The minimum absolute atomic E-state index is 0.0540. The molecule has 0 aliphatic carbocycles. The van der Waals surface area contributed by atoms with Gasteiger partial charge in [0.1, 0.15) is 5.69 Å². The topological polar surface area (TPSA) is 45.2 Å². The number of likely N-dealkylation sites (N-methyl/N-ethyl adjacent to an activating group) is 1. The van der Waals surface area contributed by atoms with Gasteiger partial charge in [-0.3, -0.25) is 9.78 Å². The summed E-state index contributed by atoms with van der Waals surface area (Å²) in [5, 5.41) is 3.13. The van der Waals surface area contributed by atoms with E-state index in [1.165, 1.54) is 0 Å². The Bertz CT molecular complexity index is 353. The van der Waals surface area contributed by atoms with E-state index in [2.05, 4.69) is 10.3 Å². The van der Waals surface area contributed by atoms with Gasteiger partial charge in [0.2, 0.25) is 0 Å². The van der Waals surface area contributed by atoms with Gasteiger partial charge in [0.05, 0.1) is 0 Å². The molecule has 1 aromatic heterocycles. The molecule has 1 aliphatic heterocycles. The van der Waals surface area contributed by atoms with Crippen LogP contribution in [0.5, 0.6) is 0 Å². The van der Waals surface area contributed by atoms with Crippen LogP contribution in [0.15, 0.2) is 24.4 Å². The molecule has 0 spiro atoms. The third-order valence-electron chi connectivity index (χ3n) is 2.96. The lowest BCUT2D eigenvalue weighted by molar-refractivity contribution is 0.0731. The Balaban J connectivity index is 2.09. The molecule has 2 heterocycles. The molecule has 0 bridgehead atoms. The Morgan fingerprint density at radius 2 is 2.50 bits per heavy atom. The number of amides is 1. The van der Waals surface area contributed by atoms with Crippen molar-refractivity contribution in [2.24, 2.45) is 0 Å².